The standard InChI is InChI=1S/C19H23NO4S/c1-13-11-15(5-10-18(13)24-3)12-19(21)20-14(2)16-6-8-17(9-7-16)25(4,22)23/h5-11,14H,12H2,1-4H3,(H,20,21)/t14-/m1/s1. The lowest BCUT2D eigenvalue weighted by Gasteiger charge is -2.15. The van der Waals surface area contributed by atoms with Crippen LogP contribution in [0.4, 0.5) is 0 Å². The Labute approximate surface area is 148 Å². The minimum Gasteiger partial charge on any atom is -0.496 e. The maximum atomic E-state index is 12.2. The van der Waals surface area contributed by atoms with E-state index in [-0.39, 0.29) is 23.3 Å². The van der Waals surface area contributed by atoms with Gasteiger partial charge in [0.25, 0.3) is 0 Å². The molecule has 0 aliphatic heterocycles. The molecule has 0 unspecified atom stereocenters. The van der Waals surface area contributed by atoms with E-state index in [0.29, 0.717) is 0 Å². The summed E-state index contributed by atoms with van der Waals surface area (Å²) in [4.78, 5) is 12.5. The molecule has 0 spiro atoms. The summed E-state index contributed by atoms with van der Waals surface area (Å²) in [5.41, 5.74) is 2.75. The van der Waals surface area contributed by atoms with E-state index >= 15 is 0 Å². The average Bonchev–Trinajstić information content (AvgIpc) is 2.54. The van der Waals surface area contributed by atoms with Crippen molar-refractivity contribution in [2.45, 2.75) is 31.2 Å². The fourth-order valence-electron chi connectivity index (χ4n) is 2.62. The predicted octanol–water partition coefficient (Wildman–Crippen LogP) is 2.83. The van der Waals surface area contributed by atoms with Gasteiger partial charge in [-0.2, -0.15) is 0 Å². The molecule has 6 heteroatoms. The number of carbonyl (C=O) groups excluding carboxylic acids is 1. The zero-order valence-electron chi connectivity index (χ0n) is 14.9. The number of carbonyl (C=O) groups is 1. The smallest absolute Gasteiger partial charge is 0.224 e. The second kappa shape index (κ2) is 7.70. The average molecular weight is 361 g/mol. The molecule has 0 saturated heterocycles. The van der Waals surface area contributed by atoms with Crippen molar-refractivity contribution in [3.63, 3.8) is 0 Å². The molecule has 2 rings (SSSR count). The van der Waals surface area contributed by atoms with Crippen LogP contribution in [0.2, 0.25) is 0 Å². The lowest BCUT2D eigenvalue weighted by molar-refractivity contribution is -0.121. The molecule has 0 aromatic heterocycles. The molecular weight excluding hydrogens is 338 g/mol. The SMILES string of the molecule is COc1ccc(CC(=O)N[C@H](C)c2ccc(S(C)(=O)=O)cc2)cc1C. The maximum absolute atomic E-state index is 12.2. The lowest BCUT2D eigenvalue weighted by Crippen LogP contribution is -2.28. The van der Waals surface area contributed by atoms with Gasteiger partial charge in [0, 0.05) is 6.26 Å². The minimum atomic E-state index is -3.22. The van der Waals surface area contributed by atoms with Crippen molar-refractivity contribution in [2.75, 3.05) is 13.4 Å². The van der Waals surface area contributed by atoms with Gasteiger partial charge in [-0.15, -0.1) is 0 Å². The van der Waals surface area contributed by atoms with Crippen LogP contribution in [-0.4, -0.2) is 27.7 Å². The highest BCUT2D eigenvalue weighted by Crippen LogP contribution is 2.19. The molecule has 0 bridgehead atoms. The summed E-state index contributed by atoms with van der Waals surface area (Å²) < 4.78 is 28.2. The summed E-state index contributed by atoms with van der Waals surface area (Å²) >= 11 is 0. The van der Waals surface area contributed by atoms with Crippen LogP contribution in [0, 0.1) is 6.92 Å². The highest BCUT2D eigenvalue weighted by Gasteiger charge is 2.13. The molecule has 0 saturated carbocycles. The van der Waals surface area contributed by atoms with Gasteiger partial charge in [-0.3, -0.25) is 4.79 Å². The Kier molecular flexibility index (Phi) is 5.85. The number of methoxy groups -OCH3 is 1. The fourth-order valence-corrected chi connectivity index (χ4v) is 3.25. The van der Waals surface area contributed by atoms with Gasteiger partial charge >= 0.3 is 0 Å². The number of rotatable bonds is 6. The van der Waals surface area contributed by atoms with Crippen LogP contribution in [0.15, 0.2) is 47.4 Å². The quantitative estimate of drug-likeness (QED) is 0.859. The van der Waals surface area contributed by atoms with Crippen LogP contribution in [0.25, 0.3) is 0 Å². The second-order valence-electron chi connectivity index (χ2n) is 6.11. The van der Waals surface area contributed by atoms with E-state index in [1.165, 1.54) is 6.26 Å². The molecule has 134 valence electrons. The molecule has 0 radical (unpaired) electrons. The van der Waals surface area contributed by atoms with Gasteiger partial charge in [-0.1, -0.05) is 24.3 Å². The zero-order chi connectivity index (χ0) is 18.6. The van der Waals surface area contributed by atoms with Crippen LogP contribution in [0.5, 0.6) is 5.75 Å². The fraction of sp³-hybridized carbons (Fsp3) is 0.316. The second-order valence-corrected chi connectivity index (χ2v) is 8.13. The third-order valence-corrected chi connectivity index (χ3v) is 5.14. The number of nitrogens with one attached hydrogen (secondary N) is 1. The van der Waals surface area contributed by atoms with Crippen molar-refractivity contribution in [3.05, 3.63) is 59.2 Å². The van der Waals surface area contributed by atoms with Crippen LogP contribution in [-0.2, 0) is 21.1 Å². The molecule has 5 nitrogen and oxygen atoms in total. The van der Waals surface area contributed by atoms with E-state index in [0.717, 1.165) is 22.4 Å². The van der Waals surface area contributed by atoms with Gasteiger partial charge in [0.1, 0.15) is 5.75 Å². The number of benzene rings is 2. The molecule has 0 fully saturated rings. The van der Waals surface area contributed by atoms with E-state index in [1.807, 2.05) is 32.0 Å². The van der Waals surface area contributed by atoms with Gasteiger partial charge < -0.3 is 10.1 Å². The molecule has 1 amide bonds. The predicted molar refractivity (Wildman–Crippen MR) is 97.5 cm³/mol. The van der Waals surface area contributed by atoms with E-state index in [9.17, 15) is 13.2 Å². The largest absolute Gasteiger partial charge is 0.496 e. The monoisotopic (exact) mass is 361 g/mol. The third-order valence-electron chi connectivity index (χ3n) is 4.01. The van der Waals surface area contributed by atoms with Crippen molar-refractivity contribution in [1.82, 2.24) is 5.32 Å². The maximum Gasteiger partial charge on any atom is 0.224 e. The first kappa shape index (κ1) is 19.0. The number of ether oxygens (including phenoxy) is 1. The summed E-state index contributed by atoms with van der Waals surface area (Å²) in [5.74, 6) is 0.702. The topological polar surface area (TPSA) is 72.5 Å². The molecule has 2 aromatic rings. The van der Waals surface area contributed by atoms with E-state index in [1.54, 1.807) is 31.4 Å². The van der Waals surface area contributed by atoms with Crippen molar-refractivity contribution in [1.29, 1.82) is 0 Å². The number of hydrogen-bond donors (Lipinski definition) is 1. The molecule has 2 aromatic carbocycles. The summed E-state index contributed by atoms with van der Waals surface area (Å²) in [6.07, 6.45) is 1.45. The summed E-state index contributed by atoms with van der Waals surface area (Å²) in [5, 5.41) is 2.93. The summed E-state index contributed by atoms with van der Waals surface area (Å²) in [6, 6.07) is 12.0. The Morgan fingerprint density at radius 3 is 2.32 bits per heavy atom. The van der Waals surface area contributed by atoms with E-state index < -0.39 is 9.84 Å². The highest BCUT2D eigenvalue weighted by molar-refractivity contribution is 7.90. The van der Waals surface area contributed by atoms with Crippen molar-refractivity contribution in [3.8, 4) is 5.75 Å². The Morgan fingerprint density at radius 2 is 1.80 bits per heavy atom. The molecule has 0 aliphatic rings. The molecule has 1 atom stereocenters. The summed E-state index contributed by atoms with van der Waals surface area (Å²) in [6.45, 7) is 3.80. The van der Waals surface area contributed by atoms with Gasteiger partial charge in [0.15, 0.2) is 9.84 Å². The van der Waals surface area contributed by atoms with Gasteiger partial charge in [-0.05, 0) is 48.7 Å². The van der Waals surface area contributed by atoms with Crippen LogP contribution < -0.4 is 10.1 Å². The van der Waals surface area contributed by atoms with E-state index in [2.05, 4.69) is 5.32 Å². The summed E-state index contributed by atoms with van der Waals surface area (Å²) in [7, 11) is -1.60. The van der Waals surface area contributed by atoms with Crippen molar-refractivity contribution >= 4 is 15.7 Å². The minimum absolute atomic E-state index is 0.0933. The van der Waals surface area contributed by atoms with Gasteiger partial charge in [-0.25, -0.2) is 8.42 Å². The van der Waals surface area contributed by atoms with Crippen molar-refractivity contribution < 1.29 is 17.9 Å². The van der Waals surface area contributed by atoms with Gasteiger partial charge in [0.2, 0.25) is 5.91 Å². The van der Waals surface area contributed by atoms with Crippen LogP contribution >= 0.6 is 0 Å². The Balaban J connectivity index is 2.01. The molecule has 0 heterocycles. The third kappa shape index (κ3) is 5.06. The zero-order valence-corrected chi connectivity index (χ0v) is 15.7. The van der Waals surface area contributed by atoms with Crippen molar-refractivity contribution in [2.24, 2.45) is 0 Å². The molecule has 1 N–H and O–H groups in total. The first-order valence-electron chi connectivity index (χ1n) is 7.93. The molecular formula is C19H23NO4S. The molecule has 25 heavy (non-hydrogen) atoms. The number of sulfone groups is 1. The number of amides is 1. The van der Waals surface area contributed by atoms with E-state index in [4.69, 9.17) is 4.74 Å². The lowest BCUT2D eigenvalue weighted by atomic mass is 10.1. The number of hydrogen-bond acceptors (Lipinski definition) is 4. The first-order chi connectivity index (χ1) is 11.7. The van der Waals surface area contributed by atoms with Crippen LogP contribution in [0.3, 0.4) is 0 Å². The molecule has 0 aliphatic carbocycles. The first-order valence-corrected chi connectivity index (χ1v) is 9.82. The Hall–Kier alpha value is -2.34. The van der Waals surface area contributed by atoms with Crippen LogP contribution in [0.1, 0.15) is 29.7 Å². The number of aryl methyl sites for hydroxylation is 1. The Bertz CT molecular complexity index is 857. The van der Waals surface area contributed by atoms with Gasteiger partial charge in [0.05, 0.1) is 24.5 Å². The Morgan fingerprint density at radius 1 is 1.16 bits per heavy atom. The highest BCUT2D eigenvalue weighted by atomic mass is 32.2. The normalized spacial score (nSPS) is 12.5.